The summed E-state index contributed by atoms with van der Waals surface area (Å²) in [6.45, 7) is 0.368. The first-order valence-corrected chi connectivity index (χ1v) is 4.30. The molecule has 1 heterocycles. The number of nitriles is 1. The van der Waals surface area contributed by atoms with Crippen LogP contribution in [0.2, 0.25) is 0 Å². The predicted octanol–water partition coefficient (Wildman–Crippen LogP) is 2.45. The molecule has 0 aliphatic heterocycles. The number of hydrogen-bond donors (Lipinski definition) is 1. The van der Waals surface area contributed by atoms with Gasteiger partial charge in [-0.05, 0) is 28.1 Å². The molecule has 0 saturated heterocycles. The maximum Gasteiger partial charge on any atom is 0.103 e. The number of rotatable bonds is 2. The van der Waals surface area contributed by atoms with E-state index >= 15 is 0 Å². The molecule has 0 unspecified atom stereocenters. The second kappa shape index (κ2) is 3.59. The van der Waals surface area contributed by atoms with Gasteiger partial charge in [-0.1, -0.05) is 0 Å². The van der Waals surface area contributed by atoms with Crippen molar-refractivity contribution < 1.29 is 0 Å². The Bertz CT molecular complexity index is 250. The van der Waals surface area contributed by atoms with Crippen molar-refractivity contribution >= 4 is 32.3 Å². The second-order valence-electron chi connectivity index (χ2n) is 1.62. The van der Waals surface area contributed by atoms with Gasteiger partial charge < -0.3 is 5.32 Å². The molecule has 0 amide bonds. The van der Waals surface area contributed by atoms with Gasteiger partial charge >= 0.3 is 0 Å². The summed E-state index contributed by atoms with van der Waals surface area (Å²) in [5, 5.41) is 12.2. The van der Waals surface area contributed by atoms with Crippen molar-refractivity contribution in [3.05, 3.63) is 15.9 Å². The Morgan fingerprint density at radius 1 is 1.70 bits per heavy atom. The minimum atomic E-state index is 0.368. The summed E-state index contributed by atoms with van der Waals surface area (Å²) < 4.78 is 1.08. The minimum Gasteiger partial charge on any atom is -0.364 e. The van der Waals surface area contributed by atoms with Gasteiger partial charge in [-0.2, -0.15) is 5.26 Å². The van der Waals surface area contributed by atoms with Gasteiger partial charge in [-0.15, -0.1) is 11.3 Å². The van der Waals surface area contributed by atoms with Gasteiger partial charge in [0.15, 0.2) is 0 Å². The molecule has 0 aliphatic rings. The van der Waals surface area contributed by atoms with Gasteiger partial charge in [0.1, 0.15) is 6.54 Å². The van der Waals surface area contributed by atoms with E-state index in [1.54, 1.807) is 11.3 Å². The highest BCUT2D eigenvalue weighted by molar-refractivity contribution is 9.11. The van der Waals surface area contributed by atoms with Crippen molar-refractivity contribution in [1.82, 2.24) is 0 Å². The fraction of sp³-hybridized carbons (Fsp3) is 0.167. The molecule has 0 aliphatic carbocycles. The van der Waals surface area contributed by atoms with Crippen molar-refractivity contribution in [2.75, 3.05) is 11.9 Å². The van der Waals surface area contributed by atoms with Gasteiger partial charge in [-0.3, -0.25) is 0 Å². The SMILES string of the molecule is N#CCNc1ccc(Br)s1. The Hall–Kier alpha value is -0.530. The average molecular weight is 217 g/mol. The first-order chi connectivity index (χ1) is 4.83. The summed E-state index contributed by atoms with van der Waals surface area (Å²) in [5.41, 5.74) is 0. The van der Waals surface area contributed by atoms with E-state index in [0.717, 1.165) is 8.79 Å². The van der Waals surface area contributed by atoms with E-state index < -0.39 is 0 Å². The molecule has 1 aromatic rings. The second-order valence-corrected chi connectivity index (χ2v) is 4.08. The van der Waals surface area contributed by atoms with Gasteiger partial charge in [0, 0.05) is 0 Å². The lowest BCUT2D eigenvalue weighted by molar-refractivity contribution is 1.34. The third kappa shape index (κ3) is 2.01. The van der Waals surface area contributed by atoms with Crippen LogP contribution in [0.4, 0.5) is 5.00 Å². The van der Waals surface area contributed by atoms with Gasteiger partial charge in [0.25, 0.3) is 0 Å². The monoisotopic (exact) mass is 216 g/mol. The molecular formula is C6H5BrN2S. The van der Waals surface area contributed by atoms with Crippen molar-refractivity contribution in [3.63, 3.8) is 0 Å². The van der Waals surface area contributed by atoms with Crippen LogP contribution in [0.25, 0.3) is 0 Å². The molecule has 1 rings (SSSR count). The first kappa shape index (κ1) is 7.58. The number of nitrogens with zero attached hydrogens (tertiary/aromatic N) is 1. The molecular weight excluding hydrogens is 212 g/mol. The summed E-state index contributed by atoms with van der Waals surface area (Å²) in [4.78, 5) is 0. The predicted molar refractivity (Wildman–Crippen MR) is 46.1 cm³/mol. The minimum absolute atomic E-state index is 0.368. The summed E-state index contributed by atoms with van der Waals surface area (Å²) in [6.07, 6.45) is 0. The van der Waals surface area contributed by atoms with Crippen LogP contribution in [-0.2, 0) is 0 Å². The van der Waals surface area contributed by atoms with Crippen LogP contribution in [0, 0.1) is 11.3 Å². The summed E-state index contributed by atoms with van der Waals surface area (Å²) >= 11 is 4.90. The largest absolute Gasteiger partial charge is 0.364 e. The molecule has 52 valence electrons. The normalized spacial score (nSPS) is 8.80. The quantitative estimate of drug-likeness (QED) is 0.772. The van der Waals surface area contributed by atoms with Gasteiger partial charge in [-0.25, -0.2) is 0 Å². The molecule has 0 fully saturated rings. The fourth-order valence-corrected chi connectivity index (χ4v) is 1.82. The number of hydrogen-bond acceptors (Lipinski definition) is 3. The van der Waals surface area contributed by atoms with Crippen molar-refractivity contribution in [2.45, 2.75) is 0 Å². The first-order valence-electron chi connectivity index (χ1n) is 2.69. The Kier molecular flexibility index (Phi) is 2.72. The third-order valence-electron chi connectivity index (χ3n) is 0.915. The molecule has 0 saturated carbocycles. The highest BCUT2D eigenvalue weighted by Gasteiger charge is 1.93. The molecule has 0 spiro atoms. The fourth-order valence-electron chi connectivity index (χ4n) is 0.536. The van der Waals surface area contributed by atoms with E-state index in [0.29, 0.717) is 6.54 Å². The standard InChI is InChI=1S/C6H5BrN2S/c7-5-1-2-6(10-5)9-4-3-8/h1-2,9H,4H2. The lowest BCUT2D eigenvalue weighted by Gasteiger charge is -1.91. The molecule has 0 atom stereocenters. The van der Waals surface area contributed by atoms with E-state index in [2.05, 4.69) is 21.2 Å². The smallest absolute Gasteiger partial charge is 0.103 e. The van der Waals surface area contributed by atoms with Crippen molar-refractivity contribution in [2.24, 2.45) is 0 Å². The zero-order chi connectivity index (χ0) is 7.40. The molecule has 2 nitrogen and oxygen atoms in total. The van der Waals surface area contributed by atoms with Crippen LogP contribution in [0.3, 0.4) is 0 Å². The van der Waals surface area contributed by atoms with E-state index in [1.807, 2.05) is 18.2 Å². The number of halogens is 1. The number of thiophene rings is 1. The van der Waals surface area contributed by atoms with Crippen LogP contribution in [-0.4, -0.2) is 6.54 Å². The summed E-state index contributed by atoms with van der Waals surface area (Å²) in [5.74, 6) is 0. The van der Waals surface area contributed by atoms with Crippen LogP contribution in [0.5, 0.6) is 0 Å². The van der Waals surface area contributed by atoms with E-state index in [1.165, 1.54) is 0 Å². The molecule has 0 bridgehead atoms. The van der Waals surface area contributed by atoms with E-state index in [4.69, 9.17) is 5.26 Å². The Labute approximate surface area is 71.6 Å². The molecule has 1 N–H and O–H groups in total. The van der Waals surface area contributed by atoms with Crippen molar-refractivity contribution in [1.29, 1.82) is 5.26 Å². The Morgan fingerprint density at radius 3 is 3.00 bits per heavy atom. The topological polar surface area (TPSA) is 35.8 Å². The summed E-state index contributed by atoms with van der Waals surface area (Å²) in [7, 11) is 0. The van der Waals surface area contributed by atoms with Crippen LogP contribution < -0.4 is 5.32 Å². The lowest BCUT2D eigenvalue weighted by atomic mass is 10.6. The van der Waals surface area contributed by atoms with Crippen LogP contribution >= 0.6 is 27.3 Å². The van der Waals surface area contributed by atoms with E-state index in [9.17, 15) is 0 Å². The number of anilines is 1. The Balaban J connectivity index is 2.52. The maximum absolute atomic E-state index is 8.21. The molecule has 0 radical (unpaired) electrons. The number of nitrogens with one attached hydrogen (secondary N) is 1. The zero-order valence-electron chi connectivity index (χ0n) is 5.10. The lowest BCUT2D eigenvalue weighted by Crippen LogP contribution is -1.94. The highest BCUT2D eigenvalue weighted by atomic mass is 79.9. The molecule has 1 aromatic heterocycles. The van der Waals surface area contributed by atoms with Crippen molar-refractivity contribution in [3.8, 4) is 6.07 Å². The van der Waals surface area contributed by atoms with Crippen LogP contribution in [0.15, 0.2) is 15.9 Å². The summed E-state index contributed by atoms with van der Waals surface area (Å²) in [6, 6.07) is 5.89. The third-order valence-corrected chi connectivity index (χ3v) is 2.50. The average Bonchev–Trinajstić information content (AvgIpc) is 2.31. The molecule has 10 heavy (non-hydrogen) atoms. The zero-order valence-corrected chi connectivity index (χ0v) is 7.50. The molecule has 0 aromatic carbocycles. The Morgan fingerprint density at radius 2 is 2.50 bits per heavy atom. The van der Waals surface area contributed by atoms with Crippen LogP contribution in [0.1, 0.15) is 0 Å². The highest BCUT2D eigenvalue weighted by Crippen LogP contribution is 2.25. The van der Waals surface area contributed by atoms with Gasteiger partial charge in [0.2, 0.25) is 0 Å². The maximum atomic E-state index is 8.21. The van der Waals surface area contributed by atoms with Gasteiger partial charge in [0.05, 0.1) is 14.9 Å². The molecule has 4 heteroatoms. The van der Waals surface area contributed by atoms with E-state index in [-0.39, 0.29) is 0 Å².